The van der Waals surface area contributed by atoms with Gasteiger partial charge in [-0.25, -0.2) is 9.78 Å². The number of urea groups is 1. The predicted octanol–water partition coefficient (Wildman–Crippen LogP) is 7.25. The number of benzene rings is 2. The number of rotatable bonds is 6. The second-order valence-corrected chi connectivity index (χ2v) is 7.27. The van der Waals surface area contributed by atoms with Crippen molar-refractivity contribution in [1.29, 1.82) is 0 Å². The standard InChI is InChI=1S/C23H20F6N4O/c1-2-10-30-20-12-14(9-11-31-20)18-8-7-17(13-19(18)23(27,28)29)33-21(34)32-16-5-3-15(4-6-16)22(24,25)26/h3-9,11-13H,2,10H2,1H3,(H,30,31)(H2,32,33,34). The van der Waals surface area contributed by atoms with Crippen LogP contribution in [0.2, 0.25) is 0 Å². The zero-order valence-electron chi connectivity index (χ0n) is 17.8. The zero-order valence-corrected chi connectivity index (χ0v) is 17.8. The van der Waals surface area contributed by atoms with Gasteiger partial charge in [0, 0.05) is 24.1 Å². The lowest BCUT2D eigenvalue weighted by Crippen LogP contribution is -2.20. The van der Waals surface area contributed by atoms with Crippen LogP contribution < -0.4 is 16.0 Å². The van der Waals surface area contributed by atoms with Crippen LogP contribution in [0.1, 0.15) is 24.5 Å². The smallest absolute Gasteiger partial charge is 0.370 e. The van der Waals surface area contributed by atoms with Crippen molar-refractivity contribution in [2.45, 2.75) is 25.7 Å². The van der Waals surface area contributed by atoms with Crippen molar-refractivity contribution >= 4 is 23.2 Å². The molecule has 0 aliphatic carbocycles. The van der Waals surface area contributed by atoms with E-state index in [0.29, 0.717) is 17.9 Å². The van der Waals surface area contributed by atoms with Crippen molar-refractivity contribution in [3.63, 3.8) is 0 Å². The first-order valence-corrected chi connectivity index (χ1v) is 10.1. The molecule has 1 aromatic heterocycles. The fourth-order valence-corrected chi connectivity index (χ4v) is 3.09. The van der Waals surface area contributed by atoms with Crippen LogP contribution in [0.25, 0.3) is 11.1 Å². The second kappa shape index (κ2) is 10.0. The number of nitrogens with zero attached hydrogens (tertiary/aromatic N) is 1. The summed E-state index contributed by atoms with van der Waals surface area (Å²) in [5, 5.41) is 7.57. The molecule has 34 heavy (non-hydrogen) atoms. The number of aromatic nitrogens is 1. The third-order valence-corrected chi connectivity index (χ3v) is 4.68. The summed E-state index contributed by atoms with van der Waals surface area (Å²) in [6.07, 6.45) is -7.03. The molecule has 3 N–H and O–H groups in total. The molecule has 0 fully saturated rings. The summed E-state index contributed by atoms with van der Waals surface area (Å²) in [7, 11) is 0. The Morgan fingerprint density at radius 1 is 0.853 bits per heavy atom. The number of anilines is 3. The molecule has 0 saturated carbocycles. The molecule has 0 atom stereocenters. The minimum Gasteiger partial charge on any atom is -0.370 e. The summed E-state index contributed by atoms with van der Waals surface area (Å²) in [6.45, 7) is 2.55. The molecule has 5 nitrogen and oxygen atoms in total. The van der Waals surface area contributed by atoms with Gasteiger partial charge < -0.3 is 16.0 Å². The van der Waals surface area contributed by atoms with Gasteiger partial charge in [-0.3, -0.25) is 0 Å². The molecule has 3 rings (SSSR count). The van der Waals surface area contributed by atoms with Gasteiger partial charge in [-0.05, 0) is 66.1 Å². The molecule has 0 radical (unpaired) electrons. The highest BCUT2D eigenvalue weighted by atomic mass is 19.4. The van der Waals surface area contributed by atoms with E-state index in [-0.39, 0.29) is 16.9 Å². The predicted molar refractivity (Wildman–Crippen MR) is 118 cm³/mol. The largest absolute Gasteiger partial charge is 0.417 e. The molecule has 0 bridgehead atoms. The summed E-state index contributed by atoms with van der Waals surface area (Å²) in [4.78, 5) is 16.3. The molecule has 180 valence electrons. The number of carbonyl (C=O) groups excluding carboxylic acids is 1. The van der Waals surface area contributed by atoms with Crippen molar-refractivity contribution in [1.82, 2.24) is 4.98 Å². The van der Waals surface area contributed by atoms with Gasteiger partial charge >= 0.3 is 18.4 Å². The lowest BCUT2D eigenvalue weighted by Gasteiger charge is -2.16. The van der Waals surface area contributed by atoms with E-state index in [0.717, 1.165) is 36.8 Å². The summed E-state index contributed by atoms with van der Waals surface area (Å²) in [5.41, 5.74) is -1.76. The van der Waals surface area contributed by atoms with Gasteiger partial charge in [-0.1, -0.05) is 13.0 Å². The molecule has 0 spiro atoms. The summed E-state index contributed by atoms with van der Waals surface area (Å²) in [5.74, 6) is 0.436. The van der Waals surface area contributed by atoms with Gasteiger partial charge in [-0.2, -0.15) is 26.3 Å². The normalized spacial score (nSPS) is 11.7. The maximum atomic E-state index is 13.8. The third-order valence-electron chi connectivity index (χ3n) is 4.68. The average molecular weight is 482 g/mol. The molecule has 2 amide bonds. The fraction of sp³-hybridized carbons (Fsp3) is 0.217. The highest BCUT2D eigenvalue weighted by Gasteiger charge is 2.34. The number of halogens is 6. The van der Waals surface area contributed by atoms with Crippen LogP contribution >= 0.6 is 0 Å². The molecule has 0 aliphatic heterocycles. The van der Waals surface area contributed by atoms with E-state index in [1.54, 1.807) is 0 Å². The van der Waals surface area contributed by atoms with Crippen LogP contribution in [-0.4, -0.2) is 17.6 Å². The lowest BCUT2D eigenvalue weighted by molar-refractivity contribution is -0.138. The van der Waals surface area contributed by atoms with Crippen LogP contribution in [-0.2, 0) is 12.4 Å². The minimum atomic E-state index is -4.71. The maximum Gasteiger partial charge on any atom is 0.417 e. The summed E-state index contributed by atoms with van der Waals surface area (Å²) < 4.78 is 79.3. The molecular weight excluding hydrogens is 462 g/mol. The van der Waals surface area contributed by atoms with E-state index >= 15 is 0 Å². The first kappa shape index (κ1) is 24.9. The third kappa shape index (κ3) is 6.40. The topological polar surface area (TPSA) is 66.0 Å². The number of carbonyl (C=O) groups is 1. The summed E-state index contributed by atoms with van der Waals surface area (Å²) >= 11 is 0. The van der Waals surface area contributed by atoms with Gasteiger partial charge in [-0.15, -0.1) is 0 Å². The lowest BCUT2D eigenvalue weighted by atomic mass is 9.99. The molecule has 11 heteroatoms. The van der Waals surface area contributed by atoms with E-state index in [9.17, 15) is 31.1 Å². The van der Waals surface area contributed by atoms with Crippen LogP contribution in [0.3, 0.4) is 0 Å². The van der Waals surface area contributed by atoms with Crippen molar-refractivity contribution < 1.29 is 31.1 Å². The Morgan fingerprint density at radius 2 is 1.50 bits per heavy atom. The zero-order chi connectivity index (χ0) is 24.9. The van der Waals surface area contributed by atoms with E-state index in [4.69, 9.17) is 0 Å². The van der Waals surface area contributed by atoms with Crippen LogP contribution in [0.15, 0.2) is 60.8 Å². The Bertz CT molecular complexity index is 1140. The number of alkyl halides is 6. The average Bonchev–Trinajstić information content (AvgIpc) is 2.77. The number of hydrogen-bond acceptors (Lipinski definition) is 3. The molecule has 3 aromatic rings. The Labute approximate surface area is 191 Å². The fourth-order valence-electron chi connectivity index (χ4n) is 3.09. The van der Waals surface area contributed by atoms with E-state index < -0.39 is 29.5 Å². The van der Waals surface area contributed by atoms with Gasteiger partial charge in [0.1, 0.15) is 5.82 Å². The van der Waals surface area contributed by atoms with E-state index in [2.05, 4.69) is 20.9 Å². The number of hydrogen-bond donors (Lipinski definition) is 3. The first-order chi connectivity index (χ1) is 16.0. The van der Waals surface area contributed by atoms with Gasteiger partial charge in [0.15, 0.2) is 0 Å². The van der Waals surface area contributed by atoms with Crippen LogP contribution in [0, 0.1) is 0 Å². The maximum absolute atomic E-state index is 13.8. The molecule has 0 saturated heterocycles. The monoisotopic (exact) mass is 482 g/mol. The Balaban J connectivity index is 1.80. The molecule has 2 aromatic carbocycles. The first-order valence-electron chi connectivity index (χ1n) is 10.1. The highest BCUT2D eigenvalue weighted by molar-refractivity contribution is 6.00. The van der Waals surface area contributed by atoms with Gasteiger partial charge in [0.05, 0.1) is 11.1 Å². The van der Waals surface area contributed by atoms with Crippen molar-refractivity contribution in [3.05, 3.63) is 71.9 Å². The van der Waals surface area contributed by atoms with Crippen LogP contribution in [0.5, 0.6) is 0 Å². The summed E-state index contributed by atoms with van der Waals surface area (Å²) in [6, 6.07) is 9.02. The second-order valence-electron chi connectivity index (χ2n) is 7.27. The quantitative estimate of drug-likeness (QED) is 0.324. The number of nitrogens with one attached hydrogen (secondary N) is 3. The SMILES string of the molecule is CCCNc1cc(-c2ccc(NC(=O)Nc3ccc(C(F)(F)F)cc3)cc2C(F)(F)F)ccn1. The minimum absolute atomic E-state index is 0.0436. The molecule has 1 heterocycles. The van der Waals surface area contributed by atoms with Crippen molar-refractivity contribution in [2.75, 3.05) is 22.5 Å². The molecule has 0 aliphatic rings. The molecule has 0 unspecified atom stereocenters. The van der Waals surface area contributed by atoms with Crippen molar-refractivity contribution in [3.8, 4) is 11.1 Å². The van der Waals surface area contributed by atoms with E-state index in [1.807, 2.05) is 6.92 Å². The number of pyridine rings is 1. The Morgan fingerprint density at radius 3 is 2.12 bits per heavy atom. The molecular formula is C23H20F6N4O. The van der Waals surface area contributed by atoms with Gasteiger partial charge in [0.2, 0.25) is 0 Å². The number of amides is 2. The van der Waals surface area contributed by atoms with E-state index in [1.165, 1.54) is 30.5 Å². The highest BCUT2D eigenvalue weighted by Crippen LogP contribution is 2.39. The Hall–Kier alpha value is -3.76. The Kier molecular flexibility index (Phi) is 7.33. The van der Waals surface area contributed by atoms with Crippen molar-refractivity contribution in [2.24, 2.45) is 0 Å². The van der Waals surface area contributed by atoms with Crippen LogP contribution in [0.4, 0.5) is 48.3 Å². The van der Waals surface area contributed by atoms with Gasteiger partial charge in [0.25, 0.3) is 0 Å².